The van der Waals surface area contributed by atoms with Gasteiger partial charge in [0, 0.05) is 18.3 Å². The van der Waals surface area contributed by atoms with Gasteiger partial charge in [0.25, 0.3) is 5.91 Å². The molecular formula is C16H17NO5. The van der Waals surface area contributed by atoms with E-state index in [0.717, 1.165) is 0 Å². The summed E-state index contributed by atoms with van der Waals surface area (Å²) < 4.78 is 0. The minimum Gasteiger partial charge on any atom is -0.508 e. The Morgan fingerprint density at radius 1 is 1.05 bits per heavy atom. The molecule has 22 heavy (non-hydrogen) atoms. The Balaban J connectivity index is 2.18. The van der Waals surface area contributed by atoms with Gasteiger partial charge in [0.2, 0.25) is 6.29 Å². The Morgan fingerprint density at radius 2 is 1.73 bits per heavy atom. The molecule has 0 heterocycles. The molecular weight excluding hydrogens is 286 g/mol. The third-order valence-electron chi connectivity index (χ3n) is 3.23. The number of hydrogen-bond donors (Lipinski definition) is 4. The summed E-state index contributed by atoms with van der Waals surface area (Å²) in [6.45, 7) is 0.152. The normalized spacial score (nSPS) is 10.7. The van der Waals surface area contributed by atoms with Crippen LogP contribution in [0.5, 0.6) is 11.5 Å². The lowest BCUT2D eigenvalue weighted by molar-refractivity contribution is -0.144. The fourth-order valence-corrected chi connectivity index (χ4v) is 2.11. The van der Waals surface area contributed by atoms with Crippen molar-refractivity contribution in [3.63, 3.8) is 0 Å². The lowest BCUT2D eigenvalue weighted by Crippen LogP contribution is -2.40. The lowest BCUT2D eigenvalue weighted by Gasteiger charge is -2.23. The lowest BCUT2D eigenvalue weighted by atomic mass is 10.1. The van der Waals surface area contributed by atoms with Crippen molar-refractivity contribution in [3.8, 4) is 11.5 Å². The van der Waals surface area contributed by atoms with Crippen molar-refractivity contribution in [1.29, 1.82) is 0 Å². The van der Waals surface area contributed by atoms with Crippen molar-refractivity contribution in [1.82, 2.24) is 0 Å². The molecule has 1 amide bonds. The van der Waals surface area contributed by atoms with Crippen molar-refractivity contribution in [3.05, 3.63) is 54.1 Å². The fourth-order valence-electron chi connectivity index (χ4n) is 2.11. The van der Waals surface area contributed by atoms with Gasteiger partial charge in [0.15, 0.2) is 0 Å². The second-order valence-corrected chi connectivity index (χ2v) is 4.76. The first kappa shape index (κ1) is 15.8. The number of aliphatic hydroxyl groups excluding tert-OH is 1. The van der Waals surface area contributed by atoms with Crippen LogP contribution in [0.2, 0.25) is 0 Å². The summed E-state index contributed by atoms with van der Waals surface area (Å²) in [6, 6.07) is 12.8. The third-order valence-corrected chi connectivity index (χ3v) is 3.23. The van der Waals surface area contributed by atoms with Gasteiger partial charge in [-0.2, -0.15) is 0 Å². The van der Waals surface area contributed by atoms with Crippen molar-refractivity contribution < 1.29 is 25.2 Å². The zero-order chi connectivity index (χ0) is 16.1. The number of rotatable bonds is 5. The van der Waals surface area contributed by atoms with Crippen LogP contribution in [0, 0.1) is 0 Å². The van der Waals surface area contributed by atoms with Crippen LogP contribution >= 0.6 is 0 Å². The molecule has 6 heteroatoms. The van der Waals surface area contributed by atoms with E-state index in [-0.39, 0.29) is 18.0 Å². The van der Waals surface area contributed by atoms with Crippen LogP contribution in [0.25, 0.3) is 0 Å². The smallest absolute Gasteiger partial charge is 0.283 e. The van der Waals surface area contributed by atoms with Crippen LogP contribution in [-0.2, 0) is 11.2 Å². The molecule has 0 atom stereocenters. The molecule has 0 spiro atoms. The minimum atomic E-state index is -2.10. The molecule has 0 aliphatic heterocycles. The van der Waals surface area contributed by atoms with Crippen LogP contribution in [-0.4, -0.2) is 39.2 Å². The topological polar surface area (TPSA) is 101 Å². The van der Waals surface area contributed by atoms with E-state index in [4.69, 9.17) is 10.2 Å². The maximum atomic E-state index is 11.9. The van der Waals surface area contributed by atoms with Gasteiger partial charge in [0.05, 0.1) is 0 Å². The van der Waals surface area contributed by atoms with Gasteiger partial charge in [-0.15, -0.1) is 0 Å². The first-order valence-electron chi connectivity index (χ1n) is 6.72. The van der Waals surface area contributed by atoms with Gasteiger partial charge in [-0.1, -0.05) is 24.3 Å². The van der Waals surface area contributed by atoms with Crippen molar-refractivity contribution >= 4 is 11.6 Å². The van der Waals surface area contributed by atoms with E-state index in [9.17, 15) is 15.0 Å². The highest BCUT2D eigenvalue weighted by Gasteiger charge is 2.21. The summed E-state index contributed by atoms with van der Waals surface area (Å²) in [5, 5.41) is 37.3. The van der Waals surface area contributed by atoms with Gasteiger partial charge < -0.3 is 25.3 Å². The molecule has 4 N–H and O–H groups in total. The molecule has 2 rings (SSSR count). The van der Waals surface area contributed by atoms with E-state index in [1.165, 1.54) is 17.0 Å². The molecule has 0 aliphatic rings. The van der Waals surface area contributed by atoms with Crippen LogP contribution in [0.1, 0.15) is 5.56 Å². The van der Waals surface area contributed by atoms with Crippen molar-refractivity contribution in [2.24, 2.45) is 0 Å². The predicted molar refractivity (Wildman–Crippen MR) is 80.5 cm³/mol. The molecule has 0 aromatic heterocycles. The predicted octanol–water partition coefficient (Wildman–Crippen LogP) is 0.984. The molecule has 2 aromatic carbocycles. The molecule has 0 saturated heterocycles. The van der Waals surface area contributed by atoms with E-state index < -0.39 is 12.2 Å². The van der Waals surface area contributed by atoms with Crippen LogP contribution in [0.4, 0.5) is 5.69 Å². The Kier molecular flexibility index (Phi) is 4.98. The van der Waals surface area contributed by atoms with E-state index in [0.29, 0.717) is 17.7 Å². The summed E-state index contributed by atoms with van der Waals surface area (Å²) >= 11 is 0. The summed E-state index contributed by atoms with van der Waals surface area (Å²) in [4.78, 5) is 13.2. The Labute approximate surface area is 127 Å². The minimum absolute atomic E-state index is 0.0528. The van der Waals surface area contributed by atoms with E-state index in [2.05, 4.69) is 0 Å². The van der Waals surface area contributed by atoms with Crippen molar-refractivity contribution in [2.75, 3.05) is 11.4 Å². The standard InChI is InChI=1S/C16H17NO5/c18-13-7-6-11(14(19)10-13)8-9-17(15(20)16(21)22)12-4-2-1-3-5-12/h1-7,10,16,18-19,21-22H,8-9H2. The number of aromatic hydroxyl groups is 2. The van der Waals surface area contributed by atoms with Gasteiger partial charge in [-0.25, -0.2) is 0 Å². The molecule has 2 aromatic rings. The zero-order valence-electron chi connectivity index (χ0n) is 11.8. The van der Waals surface area contributed by atoms with Gasteiger partial charge in [0.1, 0.15) is 11.5 Å². The number of nitrogens with zero attached hydrogens (tertiary/aromatic N) is 1. The second kappa shape index (κ2) is 6.93. The number of hydrogen-bond acceptors (Lipinski definition) is 5. The number of amides is 1. The summed E-state index contributed by atoms with van der Waals surface area (Å²) in [5.74, 6) is -0.975. The first-order valence-corrected chi connectivity index (χ1v) is 6.72. The maximum Gasteiger partial charge on any atom is 0.283 e. The highest BCUT2D eigenvalue weighted by atomic mass is 16.5. The van der Waals surface area contributed by atoms with Gasteiger partial charge >= 0.3 is 0 Å². The first-order chi connectivity index (χ1) is 10.5. The quantitative estimate of drug-likeness (QED) is 0.617. The van der Waals surface area contributed by atoms with E-state index in [1.807, 2.05) is 0 Å². The monoisotopic (exact) mass is 303 g/mol. The average Bonchev–Trinajstić information content (AvgIpc) is 2.50. The molecule has 0 bridgehead atoms. The number of carbonyl (C=O) groups excluding carboxylic acids is 1. The molecule has 0 saturated carbocycles. The molecule has 6 nitrogen and oxygen atoms in total. The number of phenolic OH excluding ortho intramolecular Hbond substituents is 2. The van der Waals surface area contributed by atoms with Gasteiger partial charge in [-0.3, -0.25) is 4.79 Å². The molecule has 0 unspecified atom stereocenters. The van der Waals surface area contributed by atoms with Crippen molar-refractivity contribution in [2.45, 2.75) is 12.7 Å². The number of anilines is 1. The third kappa shape index (κ3) is 3.75. The Hall–Kier alpha value is -2.57. The largest absolute Gasteiger partial charge is 0.508 e. The number of phenols is 2. The maximum absolute atomic E-state index is 11.9. The number of para-hydroxylation sites is 1. The van der Waals surface area contributed by atoms with E-state index >= 15 is 0 Å². The number of carbonyl (C=O) groups is 1. The van der Waals surface area contributed by atoms with Crippen LogP contribution in [0.15, 0.2) is 48.5 Å². The molecule has 0 aliphatic carbocycles. The summed E-state index contributed by atoms with van der Waals surface area (Å²) in [7, 11) is 0. The van der Waals surface area contributed by atoms with E-state index in [1.54, 1.807) is 36.4 Å². The zero-order valence-corrected chi connectivity index (χ0v) is 11.8. The number of benzene rings is 2. The number of aliphatic hydroxyl groups is 2. The molecule has 0 fully saturated rings. The average molecular weight is 303 g/mol. The highest BCUT2D eigenvalue weighted by Crippen LogP contribution is 2.24. The SMILES string of the molecule is O=C(C(O)O)N(CCc1ccc(O)cc1O)c1ccccc1. The van der Waals surface area contributed by atoms with Crippen LogP contribution < -0.4 is 4.90 Å². The Morgan fingerprint density at radius 3 is 2.32 bits per heavy atom. The summed E-state index contributed by atoms with van der Waals surface area (Å²) in [6.07, 6.45) is -1.81. The fraction of sp³-hybridized carbons (Fsp3) is 0.188. The molecule has 0 radical (unpaired) electrons. The Bertz CT molecular complexity index is 642. The van der Waals surface area contributed by atoms with Gasteiger partial charge in [-0.05, 0) is 30.2 Å². The van der Waals surface area contributed by atoms with Crippen LogP contribution in [0.3, 0.4) is 0 Å². The molecule has 116 valence electrons. The summed E-state index contributed by atoms with van der Waals surface area (Å²) in [5.41, 5.74) is 1.07. The second-order valence-electron chi connectivity index (χ2n) is 4.76. The highest BCUT2D eigenvalue weighted by molar-refractivity contribution is 5.95.